The Morgan fingerprint density at radius 3 is 0.848 bits per heavy atom. The summed E-state index contributed by atoms with van der Waals surface area (Å²) in [6.07, 6.45) is 0. The van der Waals surface area contributed by atoms with E-state index < -0.39 is 0 Å². The minimum Gasteiger partial charge on any atom is -0.228 e. The highest BCUT2D eigenvalue weighted by Crippen LogP contribution is 2.40. The van der Waals surface area contributed by atoms with Gasteiger partial charge in [-0.15, -0.1) is 0 Å². The summed E-state index contributed by atoms with van der Waals surface area (Å²) in [4.78, 5) is 21.0. The summed E-state index contributed by atoms with van der Waals surface area (Å²) < 4.78 is 0. The lowest BCUT2D eigenvalue weighted by atomic mass is 9.93. The number of fused-ring (bicyclic) bond motifs is 15. The van der Waals surface area contributed by atoms with Crippen molar-refractivity contribution in [3.63, 3.8) is 0 Å². The Bertz CT molecular complexity index is 4010. The average molecular weight is 837 g/mol. The molecular weight excluding hydrogens is 801 g/mol. The summed E-state index contributed by atoms with van der Waals surface area (Å²) in [6, 6.07) is 78.1. The zero-order valence-electron chi connectivity index (χ0n) is 35.6. The van der Waals surface area contributed by atoms with Gasteiger partial charge in [0.05, 0.1) is 22.4 Å². The van der Waals surface area contributed by atoms with E-state index in [1.54, 1.807) is 0 Å². The van der Waals surface area contributed by atoms with Gasteiger partial charge in [-0.25, -0.2) is 19.9 Å². The van der Waals surface area contributed by atoms with Gasteiger partial charge >= 0.3 is 0 Å². The molecule has 66 heavy (non-hydrogen) atoms. The molecular formula is C62H36N4. The molecule has 0 aliphatic carbocycles. The second-order valence-electron chi connectivity index (χ2n) is 17.3. The molecule has 0 aliphatic heterocycles. The predicted molar refractivity (Wildman–Crippen MR) is 277 cm³/mol. The molecule has 2 heterocycles. The standard InChI is InChI=1S/C62H36N4/c1-3-17-47-43(13-1)45-15-5-7-19-49(45)55-35-41(29-31-51(47)55)61-63-57-23-11-9-21-53(57)59(65-61)39-27-25-38-34-40(28-26-37(38)33-39)60-54-22-10-12-24-58(54)64-62(66-60)42-30-32-52-48-18-4-2-14-44(48)46-16-6-8-20-50(46)56(52)36-42/h1-36H. The number of hydrogen-bond acceptors (Lipinski definition) is 4. The molecule has 4 nitrogen and oxygen atoms in total. The van der Waals surface area contributed by atoms with Gasteiger partial charge in [0, 0.05) is 33.0 Å². The largest absolute Gasteiger partial charge is 0.228 e. The Hall–Kier alpha value is -8.86. The average Bonchev–Trinajstić information content (AvgIpc) is 3.39. The maximum atomic E-state index is 5.36. The fraction of sp³-hybridized carbons (Fsp3) is 0. The van der Waals surface area contributed by atoms with Crippen molar-refractivity contribution < 1.29 is 0 Å². The maximum Gasteiger partial charge on any atom is 0.160 e. The molecule has 0 atom stereocenters. The highest BCUT2D eigenvalue weighted by Gasteiger charge is 2.17. The number of para-hydroxylation sites is 2. The summed E-state index contributed by atoms with van der Waals surface area (Å²) in [5.74, 6) is 1.41. The van der Waals surface area contributed by atoms with Gasteiger partial charge in [-0.1, -0.05) is 182 Å². The number of aromatic nitrogens is 4. The van der Waals surface area contributed by atoms with Gasteiger partial charge < -0.3 is 0 Å². The van der Waals surface area contributed by atoms with Crippen molar-refractivity contribution in [2.24, 2.45) is 0 Å². The van der Waals surface area contributed by atoms with Crippen molar-refractivity contribution in [1.29, 1.82) is 0 Å². The van der Waals surface area contributed by atoms with Crippen molar-refractivity contribution in [2.75, 3.05) is 0 Å². The number of rotatable bonds is 4. The Balaban J connectivity index is 0.883. The Morgan fingerprint density at radius 1 is 0.197 bits per heavy atom. The summed E-state index contributed by atoms with van der Waals surface area (Å²) in [7, 11) is 0. The summed E-state index contributed by atoms with van der Waals surface area (Å²) in [5, 5.41) is 19.1. The van der Waals surface area contributed by atoms with E-state index in [4.69, 9.17) is 19.9 Å². The van der Waals surface area contributed by atoms with Gasteiger partial charge in [0.15, 0.2) is 11.6 Å². The fourth-order valence-electron chi connectivity index (χ4n) is 10.5. The van der Waals surface area contributed by atoms with Crippen LogP contribution < -0.4 is 0 Å². The third-order valence-electron chi connectivity index (χ3n) is 13.6. The highest BCUT2D eigenvalue weighted by molar-refractivity contribution is 6.27. The second kappa shape index (κ2) is 14.3. The van der Waals surface area contributed by atoms with Crippen LogP contribution in [0.1, 0.15) is 0 Å². The molecule has 0 aliphatic rings. The first-order valence-corrected chi connectivity index (χ1v) is 22.5. The molecule has 0 radical (unpaired) electrons. The molecule has 0 unspecified atom stereocenters. The quantitative estimate of drug-likeness (QED) is 0.166. The molecule has 0 N–H and O–H groups in total. The third kappa shape index (κ3) is 5.65. The van der Waals surface area contributed by atoms with Gasteiger partial charge in [0.2, 0.25) is 0 Å². The molecule has 0 amide bonds. The second-order valence-corrected chi connectivity index (χ2v) is 17.3. The monoisotopic (exact) mass is 836 g/mol. The van der Waals surface area contributed by atoms with Crippen molar-refractivity contribution in [2.45, 2.75) is 0 Å². The van der Waals surface area contributed by atoms with Gasteiger partial charge in [-0.3, -0.25) is 0 Å². The Labute approximate surface area is 379 Å². The Morgan fingerprint density at radius 2 is 0.485 bits per heavy atom. The molecule has 14 aromatic rings. The molecule has 14 rings (SSSR count). The molecule has 4 heteroatoms. The van der Waals surface area contributed by atoms with Crippen LogP contribution >= 0.6 is 0 Å². The van der Waals surface area contributed by atoms with Crippen molar-refractivity contribution in [3.05, 3.63) is 218 Å². The molecule has 0 bridgehead atoms. The van der Waals surface area contributed by atoms with E-state index in [1.807, 2.05) is 0 Å². The number of hydrogen-bond donors (Lipinski definition) is 0. The molecule has 12 aromatic carbocycles. The molecule has 0 saturated heterocycles. The lowest BCUT2D eigenvalue weighted by molar-refractivity contribution is 1.23. The van der Waals surface area contributed by atoms with Crippen molar-refractivity contribution in [3.8, 4) is 45.3 Å². The van der Waals surface area contributed by atoms with E-state index in [0.29, 0.717) is 11.6 Å². The van der Waals surface area contributed by atoms with Gasteiger partial charge in [-0.2, -0.15) is 0 Å². The third-order valence-corrected chi connectivity index (χ3v) is 13.6. The first-order valence-electron chi connectivity index (χ1n) is 22.5. The molecule has 2 aromatic heterocycles. The van der Waals surface area contributed by atoms with E-state index in [-0.39, 0.29) is 0 Å². The predicted octanol–water partition coefficient (Wildman–Crippen LogP) is 16.3. The fourth-order valence-corrected chi connectivity index (χ4v) is 10.5. The van der Waals surface area contributed by atoms with Crippen LogP contribution in [0.5, 0.6) is 0 Å². The zero-order valence-corrected chi connectivity index (χ0v) is 35.6. The number of nitrogens with zero attached hydrogens (tertiary/aromatic N) is 4. The van der Waals surface area contributed by atoms with Gasteiger partial charge in [0.25, 0.3) is 0 Å². The summed E-state index contributed by atoms with van der Waals surface area (Å²) >= 11 is 0. The maximum absolute atomic E-state index is 5.36. The molecule has 0 spiro atoms. The van der Waals surface area contributed by atoms with Crippen LogP contribution in [0.15, 0.2) is 218 Å². The van der Waals surface area contributed by atoms with E-state index in [2.05, 4.69) is 218 Å². The van der Waals surface area contributed by atoms with Gasteiger partial charge in [0.1, 0.15) is 0 Å². The SMILES string of the molecule is c1ccc2c(-c3ccc4cc(-c5nc(-c6ccc7c8ccccc8c8ccccc8c7c6)nc6ccccc56)ccc4c3)nc(-c3ccc4c5ccccc5c5ccccc5c4c3)nc2c1. The minimum atomic E-state index is 0.706. The minimum absolute atomic E-state index is 0.706. The molecule has 0 fully saturated rings. The van der Waals surface area contributed by atoms with Gasteiger partial charge in [-0.05, 0) is 112 Å². The van der Waals surface area contributed by atoms with Crippen LogP contribution in [0.2, 0.25) is 0 Å². The van der Waals surface area contributed by atoms with Crippen LogP contribution in [0, 0.1) is 0 Å². The van der Waals surface area contributed by atoms with Crippen molar-refractivity contribution >= 4 is 97.2 Å². The van der Waals surface area contributed by atoms with Crippen LogP contribution in [0.25, 0.3) is 143 Å². The van der Waals surface area contributed by atoms with Crippen LogP contribution in [-0.4, -0.2) is 19.9 Å². The Kier molecular flexibility index (Phi) is 7.95. The van der Waals surface area contributed by atoms with E-state index in [9.17, 15) is 0 Å². The lowest BCUT2D eigenvalue weighted by Crippen LogP contribution is -1.96. The normalized spacial score (nSPS) is 11.9. The van der Waals surface area contributed by atoms with E-state index in [0.717, 1.165) is 66.2 Å². The lowest BCUT2D eigenvalue weighted by Gasteiger charge is -2.14. The summed E-state index contributed by atoms with van der Waals surface area (Å²) in [5.41, 5.74) is 7.70. The van der Waals surface area contributed by atoms with Crippen molar-refractivity contribution in [1.82, 2.24) is 19.9 Å². The van der Waals surface area contributed by atoms with E-state index >= 15 is 0 Å². The number of benzene rings is 12. The molecule has 0 saturated carbocycles. The first-order chi connectivity index (χ1) is 32.7. The first kappa shape index (κ1) is 36.6. The molecule has 304 valence electrons. The topological polar surface area (TPSA) is 51.6 Å². The smallest absolute Gasteiger partial charge is 0.160 e. The van der Waals surface area contributed by atoms with Crippen LogP contribution in [0.3, 0.4) is 0 Å². The summed E-state index contributed by atoms with van der Waals surface area (Å²) in [6.45, 7) is 0. The van der Waals surface area contributed by atoms with E-state index in [1.165, 1.54) is 64.6 Å². The highest BCUT2D eigenvalue weighted by atomic mass is 14.9. The zero-order chi connectivity index (χ0) is 43.3. The van der Waals surface area contributed by atoms with Crippen LogP contribution in [-0.2, 0) is 0 Å². The van der Waals surface area contributed by atoms with Crippen LogP contribution in [0.4, 0.5) is 0 Å².